The molecule has 1 aliphatic rings. The lowest BCUT2D eigenvalue weighted by molar-refractivity contribution is 0.0174. The Hall–Kier alpha value is -1.54. The second-order valence-corrected chi connectivity index (χ2v) is 4.91. The zero-order valence-electron chi connectivity index (χ0n) is 10.2. The molecular formula is C14H15F2NO. The van der Waals surface area contributed by atoms with Crippen LogP contribution in [0.15, 0.2) is 29.3 Å². The Balaban J connectivity index is 2.36. The Morgan fingerprint density at radius 2 is 1.78 bits per heavy atom. The smallest absolute Gasteiger partial charge is 0.211 e. The van der Waals surface area contributed by atoms with Crippen molar-refractivity contribution in [2.45, 2.75) is 44.1 Å². The molecule has 0 unspecified atom stereocenters. The molecule has 1 aliphatic carbocycles. The first kappa shape index (κ1) is 12.9. The van der Waals surface area contributed by atoms with Crippen LogP contribution in [0.1, 0.15) is 43.7 Å². The Bertz CT molecular complexity index is 464. The summed E-state index contributed by atoms with van der Waals surface area (Å²) in [6, 6.07) is 6.13. The number of hydrogen-bond acceptors (Lipinski definition) is 2. The van der Waals surface area contributed by atoms with E-state index in [1.165, 1.54) is 12.1 Å². The van der Waals surface area contributed by atoms with Gasteiger partial charge in [-0.05, 0) is 18.4 Å². The lowest BCUT2D eigenvalue weighted by Crippen LogP contribution is -2.19. The van der Waals surface area contributed by atoms with Crippen LogP contribution >= 0.6 is 0 Å². The van der Waals surface area contributed by atoms with Gasteiger partial charge >= 0.3 is 0 Å². The Morgan fingerprint density at radius 3 is 2.22 bits per heavy atom. The van der Waals surface area contributed by atoms with Gasteiger partial charge in [0.2, 0.25) is 6.08 Å². The predicted molar refractivity (Wildman–Crippen MR) is 64.3 cm³/mol. The molecule has 1 aromatic rings. The summed E-state index contributed by atoms with van der Waals surface area (Å²) >= 11 is 0. The number of rotatable bonds is 3. The van der Waals surface area contributed by atoms with Crippen LogP contribution in [0.4, 0.5) is 8.78 Å². The van der Waals surface area contributed by atoms with Gasteiger partial charge in [0.1, 0.15) is 0 Å². The number of aliphatic imine (C=N–C) groups is 1. The Labute approximate surface area is 105 Å². The molecule has 1 fully saturated rings. The maximum Gasteiger partial charge on any atom is 0.270 e. The molecule has 0 spiro atoms. The lowest BCUT2D eigenvalue weighted by atomic mass is 9.88. The molecule has 18 heavy (non-hydrogen) atoms. The molecule has 1 saturated carbocycles. The second kappa shape index (κ2) is 4.62. The van der Waals surface area contributed by atoms with Gasteiger partial charge in [-0.25, -0.2) is 13.6 Å². The van der Waals surface area contributed by atoms with E-state index in [2.05, 4.69) is 4.99 Å². The van der Waals surface area contributed by atoms with Crippen LogP contribution in [0.3, 0.4) is 0 Å². The first-order valence-electron chi connectivity index (χ1n) is 6.06. The second-order valence-electron chi connectivity index (χ2n) is 4.91. The highest BCUT2D eigenvalue weighted by molar-refractivity contribution is 5.39. The summed E-state index contributed by atoms with van der Waals surface area (Å²) in [4.78, 5) is 14.5. The van der Waals surface area contributed by atoms with Crippen molar-refractivity contribution in [1.29, 1.82) is 0 Å². The largest absolute Gasteiger partial charge is 0.270 e. The van der Waals surface area contributed by atoms with Crippen molar-refractivity contribution in [1.82, 2.24) is 0 Å². The van der Waals surface area contributed by atoms with Gasteiger partial charge in [0.05, 0.1) is 5.54 Å². The number of halogens is 2. The van der Waals surface area contributed by atoms with Crippen LogP contribution < -0.4 is 0 Å². The van der Waals surface area contributed by atoms with E-state index in [0.29, 0.717) is 0 Å². The normalized spacial score (nSPS) is 18.4. The fraction of sp³-hybridized carbons (Fsp3) is 0.500. The summed E-state index contributed by atoms with van der Waals surface area (Å²) in [7, 11) is 0. The number of nitrogens with zero attached hydrogens (tertiary/aromatic N) is 1. The van der Waals surface area contributed by atoms with E-state index in [1.54, 1.807) is 18.2 Å². The van der Waals surface area contributed by atoms with E-state index in [-0.39, 0.29) is 5.56 Å². The predicted octanol–water partition coefficient (Wildman–Crippen LogP) is 3.90. The van der Waals surface area contributed by atoms with Crippen molar-refractivity contribution in [3.63, 3.8) is 0 Å². The van der Waals surface area contributed by atoms with Crippen LogP contribution in [-0.4, -0.2) is 6.08 Å². The quantitative estimate of drug-likeness (QED) is 0.591. The molecule has 0 radical (unpaired) electrons. The summed E-state index contributed by atoms with van der Waals surface area (Å²) in [5.74, 6) is -2.84. The number of carbonyl (C=O) groups excluding carboxylic acids is 1. The fourth-order valence-corrected chi connectivity index (χ4v) is 2.59. The van der Waals surface area contributed by atoms with Crippen molar-refractivity contribution in [2.75, 3.05) is 0 Å². The van der Waals surface area contributed by atoms with Crippen molar-refractivity contribution in [3.8, 4) is 0 Å². The minimum atomic E-state index is -2.84. The maximum atomic E-state index is 13.1. The Morgan fingerprint density at radius 1 is 1.22 bits per heavy atom. The molecule has 0 atom stereocenters. The lowest BCUT2D eigenvalue weighted by Gasteiger charge is -2.23. The van der Waals surface area contributed by atoms with Crippen molar-refractivity contribution >= 4 is 6.08 Å². The molecule has 2 rings (SSSR count). The van der Waals surface area contributed by atoms with Crippen molar-refractivity contribution in [2.24, 2.45) is 4.99 Å². The van der Waals surface area contributed by atoms with Crippen molar-refractivity contribution < 1.29 is 13.6 Å². The molecule has 96 valence electrons. The first-order chi connectivity index (χ1) is 8.48. The van der Waals surface area contributed by atoms with Crippen LogP contribution in [0, 0.1) is 0 Å². The van der Waals surface area contributed by atoms with E-state index in [4.69, 9.17) is 0 Å². The van der Waals surface area contributed by atoms with E-state index in [0.717, 1.165) is 38.2 Å². The molecule has 1 aromatic carbocycles. The maximum absolute atomic E-state index is 13.1. The number of isocyanates is 1. The highest BCUT2D eigenvalue weighted by Crippen LogP contribution is 2.42. The van der Waals surface area contributed by atoms with Crippen LogP contribution in [0.2, 0.25) is 0 Å². The summed E-state index contributed by atoms with van der Waals surface area (Å²) in [5.41, 5.74) is 0.273. The molecule has 0 aromatic heterocycles. The highest BCUT2D eigenvalue weighted by atomic mass is 19.3. The molecule has 0 aliphatic heterocycles. The number of alkyl halides is 2. The molecule has 2 nitrogen and oxygen atoms in total. The van der Waals surface area contributed by atoms with Gasteiger partial charge in [0.25, 0.3) is 5.92 Å². The summed E-state index contributed by atoms with van der Waals surface area (Å²) in [6.45, 7) is 0.872. The zero-order chi connectivity index (χ0) is 13.2. The topological polar surface area (TPSA) is 29.4 Å². The number of hydrogen-bond donors (Lipinski definition) is 0. The van der Waals surface area contributed by atoms with Crippen LogP contribution in [-0.2, 0) is 16.3 Å². The first-order valence-corrected chi connectivity index (χ1v) is 6.06. The standard InChI is InChI=1S/C14H15F2NO/c1-13(15,16)11-4-6-12(7-5-11)14(17-10-18)8-2-3-9-14/h4-7H,2-3,8-9H2,1H3. The number of benzene rings is 1. The summed E-state index contributed by atoms with van der Waals surface area (Å²) in [6.07, 6.45) is 5.18. The summed E-state index contributed by atoms with van der Waals surface area (Å²) in [5, 5.41) is 0. The third kappa shape index (κ3) is 2.34. The molecule has 4 heteroatoms. The zero-order valence-corrected chi connectivity index (χ0v) is 10.2. The molecular weight excluding hydrogens is 236 g/mol. The van der Waals surface area contributed by atoms with Gasteiger partial charge in [-0.2, -0.15) is 4.99 Å². The summed E-state index contributed by atoms with van der Waals surface area (Å²) < 4.78 is 26.2. The van der Waals surface area contributed by atoms with E-state index >= 15 is 0 Å². The van der Waals surface area contributed by atoms with Gasteiger partial charge in [-0.3, -0.25) is 0 Å². The monoisotopic (exact) mass is 251 g/mol. The van der Waals surface area contributed by atoms with Crippen molar-refractivity contribution in [3.05, 3.63) is 35.4 Å². The fourth-order valence-electron chi connectivity index (χ4n) is 2.59. The average molecular weight is 251 g/mol. The van der Waals surface area contributed by atoms with Gasteiger partial charge in [-0.15, -0.1) is 0 Å². The highest BCUT2D eigenvalue weighted by Gasteiger charge is 2.36. The third-order valence-corrected chi connectivity index (χ3v) is 3.62. The van der Waals surface area contributed by atoms with E-state index < -0.39 is 11.5 Å². The van der Waals surface area contributed by atoms with Gasteiger partial charge < -0.3 is 0 Å². The van der Waals surface area contributed by atoms with Crippen LogP contribution in [0.5, 0.6) is 0 Å². The molecule has 0 bridgehead atoms. The molecule has 0 amide bonds. The van der Waals surface area contributed by atoms with E-state index in [9.17, 15) is 13.6 Å². The molecule has 0 N–H and O–H groups in total. The minimum Gasteiger partial charge on any atom is -0.211 e. The molecule has 0 heterocycles. The van der Waals surface area contributed by atoms with Crippen LogP contribution in [0.25, 0.3) is 0 Å². The molecule has 0 saturated heterocycles. The van der Waals surface area contributed by atoms with Gasteiger partial charge in [0, 0.05) is 12.5 Å². The average Bonchev–Trinajstić information content (AvgIpc) is 2.78. The Kier molecular flexibility index (Phi) is 3.31. The van der Waals surface area contributed by atoms with Gasteiger partial charge in [-0.1, -0.05) is 37.1 Å². The van der Waals surface area contributed by atoms with Gasteiger partial charge in [0.15, 0.2) is 0 Å². The minimum absolute atomic E-state index is 0.0190. The SMILES string of the molecule is CC(F)(F)c1ccc(C2(N=C=O)CCCC2)cc1. The van der Waals surface area contributed by atoms with E-state index in [1.807, 2.05) is 0 Å². The third-order valence-electron chi connectivity index (χ3n) is 3.62.